The third kappa shape index (κ3) is 3.38. The fourth-order valence-electron chi connectivity index (χ4n) is 1.33. The lowest BCUT2D eigenvalue weighted by Crippen LogP contribution is -2.23. The van der Waals surface area contributed by atoms with E-state index in [0.29, 0.717) is 0 Å². The number of ether oxygens (including phenoxy) is 1. The maximum atomic E-state index is 9.03. The molecule has 1 aromatic carbocycles. The minimum absolute atomic E-state index is 0.0577. The van der Waals surface area contributed by atoms with E-state index in [1.807, 2.05) is 45.9 Å². The van der Waals surface area contributed by atoms with Gasteiger partial charge in [0.2, 0.25) is 0 Å². The molecule has 0 amide bonds. The van der Waals surface area contributed by atoms with Crippen LogP contribution in [0, 0.1) is 6.92 Å². The highest BCUT2D eigenvalue weighted by atomic mass is 16.5. The molecule has 2 nitrogen and oxygen atoms in total. The summed E-state index contributed by atoms with van der Waals surface area (Å²) in [6.07, 6.45) is 0. The summed E-state index contributed by atoms with van der Waals surface area (Å²) in [6.45, 7) is 8.08. The molecule has 0 saturated heterocycles. The number of hydrogen-bond donors (Lipinski definition) is 1. The summed E-state index contributed by atoms with van der Waals surface area (Å²) in [4.78, 5) is 0. The van der Waals surface area contributed by atoms with Crippen molar-refractivity contribution in [1.82, 2.24) is 0 Å². The molecule has 0 saturated carbocycles. The average Bonchev–Trinajstić information content (AvgIpc) is 1.99. The Morgan fingerprint density at radius 2 is 1.86 bits per heavy atom. The van der Waals surface area contributed by atoms with Gasteiger partial charge in [-0.05, 0) is 51.0 Å². The van der Waals surface area contributed by atoms with Crippen LogP contribution in [-0.2, 0) is 6.61 Å². The fourth-order valence-corrected chi connectivity index (χ4v) is 1.33. The molecule has 1 rings (SSSR count). The summed E-state index contributed by atoms with van der Waals surface area (Å²) >= 11 is 0. The van der Waals surface area contributed by atoms with Crippen molar-refractivity contribution in [3.63, 3.8) is 0 Å². The van der Waals surface area contributed by atoms with Crippen LogP contribution in [0.4, 0.5) is 0 Å². The molecule has 0 fully saturated rings. The maximum Gasteiger partial charge on any atom is 0.120 e. The van der Waals surface area contributed by atoms with Crippen molar-refractivity contribution >= 4 is 0 Å². The molecule has 0 radical (unpaired) electrons. The summed E-state index contributed by atoms with van der Waals surface area (Å²) in [5, 5.41) is 9.03. The molecule has 78 valence electrons. The second-order valence-electron chi connectivity index (χ2n) is 4.53. The highest BCUT2D eigenvalue weighted by Gasteiger charge is 2.12. The molecule has 1 aromatic rings. The summed E-state index contributed by atoms with van der Waals surface area (Å²) < 4.78 is 5.71. The zero-order valence-corrected chi connectivity index (χ0v) is 9.29. The van der Waals surface area contributed by atoms with Crippen LogP contribution in [0.2, 0.25) is 0 Å². The Hall–Kier alpha value is -1.02. The lowest BCUT2D eigenvalue weighted by atomic mass is 10.1. The lowest BCUT2D eigenvalue weighted by Gasteiger charge is -2.21. The summed E-state index contributed by atoms with van der Waals surface area (Å²) in [7, 11) is 0. The Morgan fingerprint density at radius 3 is 2.36 bits per heavy atom. The molecule has 2 heteroatoms. The van der Waals surface area contributed by atoms with Gasteiger partial charge >= 0.3 is 0 Å². The van der Waals surface area contributed by atoms with Gasteiger partial charge in [-0.15, -0.1) is 0 Å². The summed E-state index contributed by atoms with van der Waals surface area (Å²) in [5.41, 5.74) is 1.81. The van der Waals surface area contributed by atoms with Crippen molar-refractivity contribution in [1.29, 1.82) is 0 Å². The fraction of sp³-hybridized carbons (Fsp3) is 0.500. The first kappa shape index (κ1) is 11.1. The Balaban J connectivity index is 2.92. The number of rotatable bonds is 2. The lowest BCUT2D eigenvalue weighted by molar-refractivity contribution is 0.130. The highest BCUT2D eigenvalue weighted by molar-refractivity contribution is 5.33. The Kier molecular flexibility index (Phi) is 3.17. The maximum absolute atomic E-state index is 9.03. The first-order valence-electron chi connectivity index (χ1n) is 4.81. The van der Waals surface area contributed by atoms with Crippen molar-refractivity contribution in [3.05, 3.63) is 29.3 Å². The predicted molar refractivity (Wildman–Crippen MR) is 57.5 cm³/mol. The van der Waals surface area contributed by atoms with E-state index in [0.717, 1.165) is 16.9 Å². The molecule has 0 aliphatic carbocycles. The zero-order valence-electron chi connectivity index (χ0n) is 9.29. The number of aryl methyl sites for hydroxylation is 1. The van der Waals surface area contributed by atoms with Gasteiger partial charge < -0.3 is 9.84 Å². The van der Waals surface area contributed by atoms with Crippen LogP contribution < -0.4 is 4.74 Å². The predicted octanol–water partition coefficient (Wildman–Crippen LogP) is 2.66. The van der Waals surface area contributed by atoms with Crippen LogP contribution in [0.5, 0.6) is 5.75 Å². The molecule has 0 bridgehead atoms. The van der Waals surface area contributed by atoms with E-state index < -0.39 is 0 Å². The Labute approximate surface area is 85.5 Å². The second-order valence-corrected chi connectivity index (χ2v) is 4.53. The van der Waals surface area contributed by atoms with Gasteiger partial charge in [0.15, 0.2) is 0 Å². The van der Waals surface area contributed by atoms with Crippen molar-refractivity contribution in [2.24, 2.45) is 0 Å². The molecule has 0 heterocycles. The van der Waals surface area contributed by atoms with Gasteiger partial charge in [0.25, 0.3) is 0 Å². The van der Waals surface area contributed by atoms with Gasteiger partial charge in [0, 0.05) is 0 Å². The normalized spacial score (nSPS) is 11.5. The van der Waals surface area contributed by atoms with Crippen molar-refractivity contribution in [2.75, 3.05) is 0 Å². The number of aliphatic hydroxyl groups is 1. The quantitative estimate of drug-likeness (QED) is 0.784. The number of benzene rings is 1. The molecular weight excluding hydrogens is 176 g/mol. The van der Waals surface area contributed by atoms with Crippen LogP contribution in [0.3, 0.4) is 0 Å². The zero-order chi connectivity index (χ0) is 10.8. The van der Waals surface area contributed by atoms with Crippen LogP contribution in [0.25, 0.3) is 0 Å². The molecule has 0 aliphatic rings. The third-order valence-corrected chi connectivity index (χ3v) is 1.72. The van der Waals surface area contributed by atoms with Crippen LogP contribution in [-0.4, -0.2) is 10.7 Å². The molecule has 0 atom stereocenters. The molecule has 0 spiro atoms. The Morgan fingerprint density at radius 1 is 1.21 bits per heavy atom. The smallest absolute Gasteiger partial charge is 0.120 e. The SMILES string of the molecule is Cc1cc(CO)cc(OC(C)(C)C)c1. The molecular formula is C12H18O2. The Bertz CT molecular complexity index is 311. The van der Waals surface area contributed by atoms with Gasteiger partial charge in [-0.2, -0.15) is 0 Å². The first-order valence-corrected chi connectivity index (χ1v) is 4.81. The molecule has 14 heavy (non-hydrogen) atoms. The minimum atomic E-state index is -0.194. The van der Waals surface area contributed by atoms with Gasteiger partial charge in [-0.25, -0.2) is 0 Å². The van der Waals surface area contributed by atoms with Crippen LogP contribution >= 0.6 is 0 Å². The molecule has 0 aliphatic heterocycles. The van der Waals surface area contributed by atoms with Gasteiger partial charge in [-0.3, -0.25) is 0 Å². The van der Waals surface area contributed by atoms with E-state index in [2.05, 4.69) is 0 Å². The van der Waals surface area contributed by atoms with Crippen molar-refractivity contribution in [3.8, 4) is 5.75 Å². The molecule has 0 unspecified atom stereocenters. The molecule has 1 N–H and O–H groups in total. The number of aliphatic hydroxyl groups excluding tert-OH is 1. The minimum Gasteiger partial charge on any atom is -0.488 e. The third-order valence-electron chi connectivity index (χ3n) is 1.72. The monoisotopic (exact) mass is 194 g/mol. The van der Waals surface area contributed by atoms with Crippen LogP contribution in [0.15, 0.2) is 18.2 Å². The van der Waals surface area contributed by atoms with E-state index in [4.69, 9.17) is 9.84 Å². The largest absolute Gasteiger partial charge is 0.488 e. The second kappa shape index (κ2) is 4.01. The van der Waals surface area contributed by atoms with Gasteiger partial charge in [-0.1, -0.05) is 6.07 Å². The van der Waals surface area contributed by atoms with E-state index in [9.17, 15) is 0 Å². The van der Waals surface area contributed by atoms with Crippen molar-refractivity contribution < 1.29 is 9.84 Å². The topological polar surface area (TPSA) is 29.5 Å². The highest BCUT2D eigenvalue weighted by Crippen LogP contribution is 2.21. The standard InChI is InChI=1S/C12H18O2/c1-9-5-10(8-13)7-11(6-9)14-12(2,3)4/h5-7,13H,8H2,1-4H3. The number of hydrogen-bond acceptors (Lipinski definition) is 2. The van der Waals surface area contributed by atoms with Crippen LogP contribution in [0.1, 0.15) is 31.9 Å². The first-order chi connectivity index (χ1) is 6.40. The van der Waals surface area contributed by atoms with E-state index in [1.54, 1.807) is 0 Å². The summed E-state index contributed by atoms with van der Waals surface area (Å²) in [6, 6.07) is 5.80. The van der Waals surface area contributed by atoms with E-state index >= 15 is 0 Å². The average molecular weight is 194 g/mol. The summed E-state index contributed by atoms with van der Waals surface area (Å²) in [5.74, 6) is 0.821. The van der Waals surface area contributed by atoms with E-state index in [-0.39, 0.29) is 12.2 Å². The molecule has 0 aromatic heterocycles. The van der Waals surface area contributed by atoms with E-state index in [1.165, 1.54) is 0 Å². The van der Waals surface area contributed by atoms with Crippen molar-refractivity contribution in [2.45, 2.75) is 39.9 Å². The van der Waals surface area contributed by atoms with Gasteiger partial charge in [0.05, 0.1) is 6.61 Å². The van der Waals surface area contributed by atoms with Gasteiger partial charge in [0.1, 0.15) is 11.4 Å².